The van der Waals surface area contributed by atoms with Crippen LogP contribution in [0.2, 0.25) is 0 Å². The maximum atomic E-state index is 13.8. The van der Waals surface area contributed by atoms with E-state index in [9.17, 15) is 18.0 Å². The van der Waals surface area contributed by atoms with Gasteiger partial charge in [0, 0.05) is 31.0 Å². The molecule has 0 fully saturated rings. The first-order valence-corrected chi connectivity index (χ1v) is 12.4. The van der Waals surface area contributed by atoms with Gasteiger partial charge in [-0.2, -0.15) is 0 Å². The third-order valence-corrected chi connectivity index (χ3v) is 7.02. The molecular weight excluding hydrogens is 476 g/mol. The van der Waals surface area contributed by atoms with E-state index in [1.54, 1.807) is 60.7 Å². The summed E-state index contributed by atoms with van der Waals surface area (Å²) < 4.78 is 28.6. The highest BCUT2D eigenvalue weighted by atomic mass is 32.2. The number of para-hydroxylation sites is 2. The topological polar surface area (TPSA) is 123 Å². The number of anilines is 3. The van der Waals surface area contributed by atoms with Crippen LogP contribution < -0.4 is 16.4 Å². The zero-order valence-corrected chi connectivity index (χ0v) is 20.2. The molecule has 1 heterocycles. The number of carbonyl (C=O) groups is 2. The quantitative estimate of drug-likeness (QED) is 0.253. The molecule has 0 saturated heterocycles. The van der Waals surface area contributed by atoms with Crippen LogP contribution in [0.4, 0.5) is 17.1 Å². The second-order valence-corrected chi connectivity index (χ2v) is 9.70. The number of rotatable bonds is 7. The number of nitrogens with two attached hydrogens (primary N) is 1. The Bertz CT molecular complexity index is 1560. The van der Waals surface area contributed by atoms with Crippen LogP contribution in [-0.4, -0.2) is 24.2 Å². The van der Waals surface area contributed by atoms with Gasteiger partial charge in [0.1, 0.15) is 4.90 Å². The molecule has 0 aliphatic carbocycles. The van der Waals surface area contributed by atoms with E-state index in [0.29, 0.717) is 28.1 Å². The first-order valence-electron chi connectivity index (χ1n) is 11.0. The molecule has 0 unspecified atom stereocenters. The van der Waals surface area contributed by atoms with Crippen LogP contribution in [0, 0.1) is 0 Å². The summed E-state index contributed by atoms with van der Waals surface area (Å²) in [4.78, 5) is 24.1. The van der Waals surface area contributed by atoms with Gasteiger partial charge >= 0.3 is 0 Å². The minimum Gasteiger partial charge on any atom is -0.397 e. The first-order chi connectivity index (χ1) is 17.3. The van der Waals surface area contributed by atoms with Crippen molar-refractivity contribution in [1.82, 2.24) is 3.97 Å². The lowest BCUT2D eigenvalue weighted by Gasteiger charge is -2.16. The molecule has 0 atom stereocenters. The number of carbonyl (C=O) groups excluding carboxylic acids is 2. The first kappa shape index (κ1) is 24.5. The van der Waals surface area contributed by atoms with E-state index in [-0.39, 0.29) is 10.6 Å². The normalized spacial score (nSPS) is 11.4. The van der Waals surface area contributed by atoms with Crippen molar-refractivity contribution < 1.29 is 18.0 Å². The predicted molar refractivity (Wildman–Crippen MR) is 142 cm³/mol. The van der Waals surface area contributed by atoms with Gasteiger partial charge in [-0.3, -0.25) is 9.59 Å². The Morgan fingerprint density at radius 1 is 0.861 bits per heavy atom. The number of amides is 2. The molecule has 0 aliphatic rings. The molecule has 2 amide bonds. The number of hydrogen-bond donors (Lipinski definition) is 3. The Labute approximate surface area is 209 Å². The summed E-state index contributed by atoms with van der Waals surface area (Å²) in [5.74, 6) is -0.802. The number of nitrogen functional groups attached to an aromatic ring is 1. The molecule has 182 valence electrons. The largest absolute Gasteiger partial charge is 0.397 e. The van der Waals surface area contributed by atoms with E-state index in [1.807, 2.05) is 18.2 Å². The van der Waals surface area contributed by atoms with Crippen LogP contribution in [0.5, 0.6) is 0 Å². The molecule has 9 heteroatoms. The second kappa shape index (κ2) is 10.3. The molecule has 4 N–H and O–H groups in total. The van der Waals surface area contributed by atoms with Crippen molar-refractivity contribution in [3.63, 3.8) is 0 Å². The molecule has 8 nitrogen and oxygen atoms in total. The smallest absolute Gasteiger partial charge is 0.270 e. The minimum absolute atomic E-state index is 0.0326. The van der Waals surface area contributed by atoms with Crippen LogP contribution in [0.3, 0.4) is 0 Å². The molecule has 3 aromatic carbocycles. The summed E-state index contributed by atoms with van der Waals surface area (Å²) in [5, 5.41) is 5.30. The predicted octanol–water partition coefficient (Wildman–Crippen LogP) is 4.58. The zero-order valence-electron chi connectivity index (χ0n) is 19.4. The summed E-state index contributed by atoms with van der Waals surface area (Å²) in [6.45, 7) is 1.32. The van der Waals surface area contributed by atoms with Crippen molar-refractivity contribution in [2.45, 2.75) is 11.8 Å². The van der Waals surface area contributed by atoms with E-state index in [4.69, 9.17) is 5.73 Å². The lowest BCUT2D eigenvalue weighted by molar-refractivity contribution is -0.114. The summed E-state index contributed by atoms with van der Waals surface area (Å²) in [6, 6.07) is 22.4. The number of benzene rings is 3. The van der Waals surface area contributed by atoms with E-state index < -0.39 is 21.8 Å². The van der Waals surface area contributed by atoms with Crippen molar-refractivity contribution >= 4 is 45.0 Å². The van der Waals surface area contributed by atoms with Crippen LogP contribution in [0.15, 0.2) is 102 Å². The van der Waals surface area contributed by atoms with E-state index in [1.165, 1.54) is 31.5 Å². The van der Waals surface area contributed by atoms with Gasteiger partial charge in [-0.15, -0.1) is 0 Å². The van der Waals surface area contributed by atoms with Crippen molar-refractivity contribution in [3.05, 3.63) is 103 Å². The van der Waals surface area contributed by atoms with Crippen LogP contribution in [0.1, 0.15) is 12.5 Å². The Kier molecular flexibility index (Phi) is 7.03. The molecule has 0 aliphatic heterocycles. The monoisotopic (exact) mass is 500 g/mol. The van der Waals surface area contributed by atoms with Gasteiger partial charge < -0.3 is 16.4 Å². The maximum absolute atomic E-state index is 13.8. The number of nitrogens with one attached hydrogen (secondary N) is 2. The molecule has 1 aromatic heterocycles. The fraction of sp³-hybridized carbons (Fsp3) is 0.0370. The average molecular weight is 501 g/mol. The number of aromatic nitrogens is 1. The van der Waals surface area contributed by atoms with Gasteiger partial charge in [-0.25, -0.2) is 12.4 Å². The molecule has 4 rings (SSSR count). The fourth-order valence-corrected chi connectivity index (χ4v) is 5.20. The average Bonchev–Trinajstić information content (AvgIpc) is 3.34. The van der Waals surface area contributed by atoms with Crippen LogP contribution in [-0.2, 0) is 19.6 Å². The SMILES string of the molecule is CC(=O)Nc1cccc(-c2ccccc2)c1S(=O)(=O)n1ccc(/C=C/C(=O)Nc2ccccc2N)c1. The van der Waals surface area contributed by atoms with Gasteiger partial charge in [0.2, 0.25) is 11.8 Å². The fourth-order valence-electron chi connectivity index (χ4n) is 3.65. The van der Waals surface area contributed by atoms with E-state index in [2.05, 4.69) is 10.6 Å². The molecule has 0 bridgehead atoms. The highest BCUT2D eigenvalue weighted by Gasteiger charge is 2.26. The van der Waals surface area contributed by atoms with Gasteiger partial charge in [-0.1, -0.05) is 54.6 Å². The highest BCUT2D eigenvalue weighted by Crippen LogP contribution is 2.35. The van der Waals surface area contributed by atoms with Crippen molar-refractivity contribution in [2.75, 3.05) is 16.4 Å². The Hall–Kier alpha value is -4.63. The lowest BCUT2D eigenvalue weighted by atomic mass is 10.1. The van der Waals surface area contributed by atoms with E-state index in [0.717, 1.165) is 3.97 Å². The molecule has 0 saturated carbocycles. The molecule has 0 spiro atoms. The van der Waals surface area contributed by atoms with Gasteiger partial charge in [0.25, 0.3) is 10.0 Å². The highest BCUT2D eigenvalue weighted by molar-refractivity contribution is 7.90. The van der Waals surface area contributed by atoms with Gasteiger partial charge in [0.05, 0.1) is 17.1 Å². The van der Waals surface area contributed by atoms with Crippen molar-refractivity contribution in [2.24, 2.45) is 0 Å². The molecule has 36 heavy (non-hydrogen) atoms. The third-order valence-electron chi connectivity index (χ3n) is 5.28. The zero-order chi connectivity index (χ0) is 25.7. The Morgan fingerprint density at radius 3 is 2.28 bits per heavy atom. The molecular formula is C27H24N4O4S. The lowest BCUT2D eigenvalue weighted by Crippen LogP contribution is -2.17. The van der Waals surface area contributed by atoms with Gasteiger partial charge in [0.15, 0.2) is 0 Å². The summed E-state index contributed by atoms with van der Waals surface area (Å²) >= 11 is 0. The maximum Gasteiger partial charge on any atom is 0.270 e. The Balaban J connectivity index is 1.67. The van der Waals surface area contributed by atoms with Crippen LogP contribution in [0.25, 0.3) is 17.2 Å². The molecule has 0 radical (unpaired) electrons. The minimum atomic E-state index is -4.11. The second-order valence-electron chi connectivity index (χ2n) is 7.92. The van der Waals surface area contributed by atoms with Gasteiger partial charge in [-0.05, 0) is 41.5 Å². The van der Waals surface area contributed by atoms with Crippen molar-refractivity contribution in [1.29, 1.82) is 0 Å². The van der Waals surface area contributed by atoms with Crippen LogP contribution >= 0.6 is 0 Å². The van der Waals surface area contributed by atoms with E-state index >= 15 is 0 Å². The Morgan fingerprint density at radius 2 is 1.56 bits per heavy atom. The van der Waals surface area contributed by atoms with Crippen molar-refractivity contribution in [3.8, 4) is 11.1 Å². The summed E-state index contributed by atoms with van der Waals surface area (Å²) in [5.41, 5.74) is 8.57. The standard InChI is InChI=1S/C27H24N4O4S/c1-19(32)29-25-13-7-10-22(21-8-3-2-4-9-21)27(25)36(34,35)31-17-16-20(18-31)14-15-26(33)30-24-12-6-5-11-23(24)28/h2-18H,28H2,1H3,(H,29,32)(H,30,33)/b15-14+. The number of hydrogen-bond acceptors (Lipinski definition) is 5. The summed E-state index contributed by atoms with van der Waals surface area (Å²) in [6.07, 6.45) is 5.58. The summed E-state index contributed by atoms with van der Waals surface area (Å²) in [7, 11) is -4.11. The third kappa shape index (κ3) is 5.37. The number of nitrogens with zero attached hydrogens (tertiary/aromatic N) is 1. The molecule has 4 aromatic rings.